The van der Waals surface area contributed by atoms with E-state index in [4.69, 9.17) is 10.5 Å². The van der Waals surface area contributed by atoms with Crippen LogP contribution in [0.15, 0.2) is 0 Å². The van der Waals surface area contributed by atoms with Gasteiger partial charge in [-0.25, -0.2) is 0 Å². The number of hydrogen-bond donors (Lipinski definition) is 2. The maximum absolute atomic E-state index is 11.6. The zero-order chi connectivity index (χ0) is 11.9. The van der Waals surface area contributed by atoms with Gasteiger partial charge in [0.1, 0.15) is 6.61 Å². The van der Waals surface area contributed by atoms with Crippen LogP contribution in [0.4, 0.5) is 0 Å². The number of carbonyl (C=O) groups is 1. The number of amides is 1. The van der Waals surface area contributed by atoms with Crippen molar-refractivity contribution in [1.82, 2.24) is 4.90 Å². The molecule has 5 heteroatoms. The highest BCUT2D eigenvalue weighted by Crippen LogP contribution is 2.04. The molecule has 0 fully saturated rings. The van der Waals surface area contributed by atoms with Crippen LogP contribution >= 0.6 is 0 Å². The summed E-state index contributed by atoms with van der Waals surface area (Å²) in [5.74, 6) is -0.118. The number of aliphatic hydroxyl groups is 1. The van der Waals surface area contributed by atoms with Crippen molar-refractivity contribution in [3.63, 3.8) is 0 Å². The largest absolute Gasteiger partial charge is 0.389 e. The summed E-state index contributed by atoms with van der Waals surface area (Å²) in [7, 11) is 0. The number of nitrogens with zero attached hydrogens (tertiary/aromatic N) is 1. The lowest BCUT2D eigenvalue weighted by atomic mass is 10.1. The standard InChI is InChI=1S/C10H22N2O3/c1-4-12(8-10(2,3)14)9(13)7-15-6-5-11/h14H,4-8,11H2,1-3H3. The van der Waals surface area contributed by atoms with E-state index in [1.165, 1.54) is 0 Å². The Kier molecular flexibility index (Phi) is 6.47. The molecule has 5 nitrogen and oxygen atoms in total. The van der Waals surface area contributed by atoms with Crippen molar-refractivity contribution in [3.8, 4) is 0 Å². The van der Waals surface area contributed by atoms with Gasteiger partial charge in [-0.05, 0) is 20.8 Å². The van der Waals surface area contributed by atoms with Gasteiger partial charge in [0.05, 0.1) is 12.2 Å². The summed E-state index contributed by atoms with van der Waals surface area (Å²) in [6, 6.07) is 0. The third-order valence-corrected chi connectivity index (χ3v) is 1.80. The maximum atomic E-state index is 11.6. The van der Waals surface area contributed by atoms with Crippen LogP contribution in [0.3, 0.4) is 0 Å². The summed E-state index contributed by atoms with van der Waals surface area (Å²) in [5.41, 5.74) is 4.36. The molecule has 0 aromatic carbocycles. The van der Waals surface area contributed by atoms with Crippen LogP contribution < -0.4 is 5.73 Å². The average Bonchev–Trinajstić information content (AvgIpc) is 2.13. The van der Waals surface area contributed by atoms with Crippen LogP contribution in [0.1, 0.15) is 20.8 Å². The Balaban J connectivity index is 4.00. The predicted molar refractivity (Wildman–Crippen MR) is 58.4 cm³/mol. The lowest BCUT2D eigenvalue weighted by molar-refractivity contribution is -0.138. The fourth-order valence-corrected chi connectivity index (χ4v) is 1.18. The Hall–Kier alpha value is -0.650. The molecule has 0 aliphatic heterocycles. The van der Waals surface area contributed by atoms with E-state index in [1.54, 1.807) is 18.7 Å². The van der Waals surface area contributed by atoms with E-state index in [1.807, 2.05) is 6.92 Å². The van der Waals surface area contributed by atoms with Gasteiger partial charge in [0.15, 0.2) is 0 Å². The Labute approximate surface area is 91.2 Å². The van der Waals surface area contributed by atoms with Crippen molar-refractivity contribution < 1.29 is 14.6 Å². The van der Waals surface area contributed by atoms with Crippen LogP contribution in [-0.4, -0.2) is 54.4 Å². The van der Waals surface area contributed by atoms with Gasteiger partial charge in [-0.1, -0.05) is 0 Å². The monoisotopic (exact) mass is 218 g/mol. The Morgan fingerprint density at radius 2 is 2.13 bits per heavy atom. The highest BCUT2D eigenvalue weighted by molar-refractivity contribution is 5.77. The second kappa shape index (κ2) is 6.76. The Morgan fingerprint density at radius 1 is 1.53 bits per heavy atom. The SMILES string of the molecule is CCN(CC(C)(C)O)C(=O)COCCN. The van der Waals surface area contributed by atoms with Crippen LogP contribution in [0.5, 0.6) is 0 Å². The normalized spacial score (nSPS) is 11.5. The molecule has 0 saturated heterocycles. The van der Waals surface area contributed by atoms with Gasteiger partial charge >= 0.3 is 0 Å². The van der Waals surface area contributed by atoms with Crippen molar-refractivity contribution in [2.24, 2.45) is 5.73 Å². The van der Waals surface area contributed by atoms with E-state index in [2.05, 4.69) is 0 Å². The predicted octanol–water partition coefficient (Wildman–Crippen LogP) is -0.419. The quantitative estimate of drug-likeness (QED) is 0.569. The minimum atomic E-state index is -0.875. The van der Waals surface area contributed by atoms with E-state index >= 15 is 0 Å². The van der Waals surface area contributed by atoms with Gasteiger partial charge in [0.25, 0.3) is 0 Å². The molecule has 0 heterocycles. The zero-order valence-electron chi connectivity index (χ0n) is 9.82. The van der Waals surface area contributed by atoms with Crippen molar-refractivity contribution in [2.75, 3.05) is 32.8 Å². The molecular formula is C10H22N2O3. The topological polar surface area (TPSA) is 75.8 Å². The number of likely N-dealkylation sites (N-methyl/N-ethyl adjacent to an activating group) is 1. The number of carbonyl (C=O) groups excluding carboxylic acids is 1. The van der Waals surface area contributed by atoms with E-state index in [0.29, 0.717) is 26.2 Å². The number of nitrogens with two attached hydrogens (primary N) is 1. The lowest BCUT2D eigenvalue weighted by Gasteiger charge is -2.28. The summed E-state index contributed by atoms with van der Waals surface area (Å²) in [5, 5.41) is 9.58. The summed E-state index contributed by atoms with van der Waals surface area (Å²) in [4.78, 5) is 13.1. The average molecular weight is 218 g/mol. The first kappa shape index (κ1) is 14.3. The lowest BCUT2D eigenvalue weighted by Crippen LogP contribution is -2.43. The zero-order valence-corrected chi connectivity index (χ0v) is 9.82. The molecule has 0 rings (SSSR count). The Bertz CT molecular complexity index is 190. The van der Waals surface area contributed by atoms with Crippen LogP contribution in [0.25, 0.3) is 0 Å². The molecule has 0 spiro atoms. The minimum absolute atomic E-state index is 0.0289. The van der Waals surface area contributed by atoms with E-state index in [0.717, 1.165) is 0 Å². The molecule has 1 amide bonds. The van der Waals surface area contributed by atoms with E-state index in [-0.39, 0.29) is 12.5 Å². The first-order valence-electron chi connectivity index (χ1n) is 5.18. The molecule has 0 saturated carbocycles. The molecule has 0 aromatic rings. The highest BCUT2D eigenvalue weighted by atomic mass is 16.5. The van der Waals surface area contributed by atoms with Gasteiger partial charge in [-0.15, -0.1) is 0 Å². The fourth-order valence-electron chi connectivity index (χ4n) is 1.18. The fraction of sp³-hybridized carbons (Fsp3) is 0.900. The van der Waals surface area contributed by atoms with Crippen molar-refractivity contribution in [1.29, 1.82) is 0 Å². The molecule has 3 N–H and O–H groups in total. The van der Waals surface area contributed by atoms with Gasteiger partial charge in [-0.2, -0.15) is 0 Å². The molecule has 0 radical (unpaired) electrons. The van der Waals surface area contributed by atoms with Gasteiger partial charge in [0, 0.05) is 19.6 Å². The van der Waals surface area contributed by atoms with Crippen molar-refractivity contribution in [3.05, 3.63) is 0 Å². The molecule has 0 aliphatic carbocycles. The molecule has 0 unspecified atom stereocenters. The summed E-state index contributed by atoms with van der Waals surface area (Å²) in [6.07, 6.45) is 0. The summed E-state index contributed by atoms with van der Waals surface area (Å²) >= 11 is 0. The van der Waals surface area contributed by atoms with Crippen molar-refractivity contribution in [2.45, 2.75) is 26.4 Å². The highest BCUT2D eigenvalue weighted by Gasteiger charge is 2.20. The van der Waals surface area contributed by atoms with Crippen molar-refractivity contribution >= 4 is 5.91 Å². The van der Waals surface area contributed by atoms with Gasteiger partial charge in [-0.3, -0.25) is 4.79 Å². The van der Waals surface area contributed by atoms with Gasteiger partial charge < -0.3 is 20.5 Å². The van der Waals surface area contributed by atoms with Crippen LogP contribution in [0.2, 0.25) is 0 Å². The maximum Gasteiger partial charge on any atom is 0.248 e. The number of rotatable bonds is 7. The number of hydrogen-bond acceptors (Lipinski definition) is 4. The van der Waals surface area contributed by atoms with Crippen LogP contribution in [-0.2, 0) is 9.53 Å². The molecule has 0 aliphatic rings. The second-order valence-corrected chi connectivity index (χ2v) is 4.06. The molecule has 0 atom stereocenters. The second-order valence-electron chi connectivity index (χ2n) is 4.06. The first-order valence-corrected chi connectivity index (χ1v) is 5.18. The van der Waals surface area contributed by atoms with Crippen LogP contribution in [0, 0.1) is 0 Å². The first-order chi connectivity index (χ1) is 6.90. The van der Waals surface area contributed by atoms with Gasteiger partial charge in [0.2, 0.25) is 5.91 Å². The molecule has 90 valence electrons. The third kappa shape index (κ3) is 7.30. The molecule has 0 bridgehead atoms. The molecular weight excluding hydrogens is 196 g/mol. The molecule has 15 heavy (non-hydrogen) atoms. The third-order valence-electron chi connectivity index (χ3n) is 1.80. The summed E-state index contributed by atoms with van der Waals surface area (Å²) in [6.45, 7) is 6.90. The van der Waals surface area contributed by atoms with E-state index in [9.17, 15) is 9.90 Å². The summed E-state index contributed by atoms with van der Waals surface area (Å²) < 4.78 is 5.04. The number of ether oxygens (including phenoxy) is 1. The minimum Gasteiger partial charge on any atom is -0.389 e. The Morgan fingerprint density at radius 3 is 2.53 bits per heavy atom. The smallest absolute Gasteiger partial charge is 0.248 e. The van der Waals surface area contributed by atoms with E-state index < -0.39 is 5.60 Å². The molecule has 0 aromatic heterocycles.